The van der Waals surface area contributed by atoms with Crippen LogP contribution >= 0.6 is 22.9 Å². The van der Waals surface area contributed by atoms with Crippen molar-refractivity contribution in [3.63, 3.8) is 0 Å². The fraction of sp³-hybridized carbons (Fsp3) is 0.211. The van der Waals surface area contributed by atoms with E-state index in [0.717, 1.165) is 5.56 Å². The Kier molecular flexibility index (Phi) is 6.26. The minimum atomic E-state index is -0.373. The summed E-state index contributed by atoms with van der Waals surface area (Å²) in [6.45, 7) is 1.95. The zero-order valence-electron chi connectivity index (χ0n) is 14.6. The molecule has 0 aliphatic heterocycles. The van der Waals surface area contributed by atoms with Gasteiger partial charge in [-0.3, -0.25) is 14.9 Å². The highest BCUT2D eigenvalue weighted by Gasteiger charge is 2.14. The summed E-state index contributed by atoms with van der Waals surface area (Å²) in [5, 5.41) is 8.47. The SMILES string of the molecule is CC(Cc1ccc(Cl)cc1)NC(=O)Cc1csc(NC(=O)c2ccco2)n1. The van der Waals surface area contributed by atoms with Gasteiger partial charge in [-0.05, 0) is 43.2 Å². The molecule has 0 aliphatic rings. The molecule has 1 aromatic carbocycles. The van der Waals surface area contributed by atoms with Crippen molar-refractivity contribution in [1.29, 1.82) is 0 Å². The van der Waals surface area contributed by atoms with Crippen molar-refractivity contribution in [2.75, 3.05) is 5.32 Å². The zero-order chi connectivity index (χ0) is 19.2. The average Bonchev–Trinajstić information content (AvgIpc) is 3.29. The molecule has 1 atom stereocenters. The molecule has 1 unspecified atom stereocenters. The van der Waals surface area contributed by atoms with E-state index >= 15 is 0 Å². The predicted octanol–water partition coefficient (Wildman–Crippen LogP) is 3.93. The number of nitrogens with one attached hydrogen (secondary N) is 2. The molecule has 0 fully saturated rings. The number of amides is 2. The number of anilines is 1. The molecule has 2 aromatic heterocycles. The van der Waals surface area contributed by atoms with E-state index in [0.29, 0.717) is 22.3 Å². The normalized spacial score (nSPS) is 11.8. The number of carbonyl (C=O) groups is 2. The van der Waals surface area contributed by atoms with Gasteiger partial charge in [0, 0.05) is 16.4 Å². The molecule has 6 nitrogen and oxygen atoms in total. The molecular formula is C19H18ClN3O3S. The number of halogens is 1. The molecule has 0 bridgehead atoms. The van der Waals surface area contributed by atoms with Crippen molar-refractivity contribution < 1.29 is 14.0 Å². The first-order valence-electron chi connectivity index (χ1n) is 8.32. The van der Waals surface area contributed by atoms with Crippen molar-refractivity contribution in [2.24, 2.45) is 0 Å². The minimum absolute atomic E-state index is 0.0181. The van der Waals surface area contributed by atoms with E-state index in [-0.39, 0.29) is 30.0 Å². The first-order chi connectivity index (χ1) is 13.0. The number of furan rings is 1. The van der Waals surface area contributed by atoms with Crippen LogP contribution in [-0.4, -0.2) is 22.8 Å². The van der Waals surface area contributed by atoms with Gasteiger partial charge in [0.2, 0.25) is 5.91 Å². The van der Waals surface area contributed by atoms with Crippen molar-refractivity contribution in [1.82, 2.24) is 10.3 Å². The van der Waals surface area contributed by atoms with E-state index in [4.69, 9.17) is 16.0 Å². The van der Waals surface area contributed by atoms with Crippen LogP contribution in [0, 0.1) is 0 Å². The molecule has 140 valence electrons. The van der Waals surface area contributed by atoms with E-state index in [9.17, 15) is 9.59 Å². The summed E-state index contributed by atoms with van der Waals surface area (Å²) in [6, 6.07) is 10.7. The third-order valence-corrected chi connectivity index (χ3v) is 4.78. The lowest BCUT2D eigenvalue weighted by Gasteiger charge is -2.13. The molecule has 0 saturated carbocycles. The van der Waals surface area contributed by atoms with Crippen molar-refractivity contribution in [2.45, 2.75) is 25.8 Å². The number of carbonyl (C=O) groups excluding carboxylic acids is 2. The van der Waals surface area contributed by atoms with Gasteiger partial charge in [0.1, 0.15) is 0 Å². The molecule has 0 aliphatic carbocycles. The van der Waals surface area contributed by atoms with Crippen LogP contribution in [0.15, 0.2) is 52.5 Å². The van der Waals surface area contributed by atoms with Crippen LogP contribution in [0.25, 0.3) is 0 Å². The number of rotatable bonds is 7. The number of hydrogen-bond donors (Lipinski definition) is 2. The number of benzene rings is 1. The predicted molar refractivity (Wildman–Crippen MR) is 105 cm³/mol. The second kappa shape index (κ2) is 8.83. The third-order valence-electron chi connectivity index (χ3n) is 3.72. The second-order valence-electron chi connectivity index (χ2n) is 6.05. The average molecular weight is 404 g/mol. The van der Waals surface area contributed by atoms with Gasteiger partial charge in [0.05, 0.1) is 18.4 Å². The molecular weight excluding hydrogens is 386 g/mol. The quantitative estimate of drug-likeness (QED) is 0.626. The van der Waals surface area contributed by atoms with Gasteiger partial charge < -0.3 is 9.73 Å². The molecule has 2 heterocycles. The van der Waals surface area contributed by atoms with Crippen molar-refractivity contribution in [3.8, 4) is 0 Å². The lowest BCUT2D eigenvalue weighted by Crippen LogP contribution is -2.35. The van der Waals surface area contributed by atoms with E-state index in [1.54, 1.807) is 17.5 Å². The van der Waals surface area contributed by atoms with Gasteiger partial charge in [0.25, 0.3) is 5.91 Å². The summed E-state index contributed by atoms with van der Waals surface area (Å²) < 4.78 is 5.03. The fourth-order valence-corrected chi connectivity index (χ4v) is 3.36. The third kappa shape index (κ3) is 5.67. The number of hydrogen-bond acceptors (Lipinski definition) is 5. The van der Waals surface area contributed by atoms with Crippen LogP contribution in [0.2, 0.25) is 5.02 Å². The van der Waals surface area contributed by atoms with Crippen LogP contribution in [0.5, 0.6) is 0 Å². The molecule has 2 N–H and O–H groups in total. The van der Waals surface area contributed by atoms with Gasteiger partial charge in [-0.2, -0.15) is 0 Å². The van der Waals surface area contributed by atoms with E-state index in [2.05, 4.69) is 15.6 Å². The highest BCUT2D eigenvalue weighted by molar-refractivity contribution is 7.14. The van der Waals surface area contributed by atoms with Crippen LogP contribution in [0.1, 0.15) is 28.7 Å². The summed E-state index contributed by atoms with van der Waals surface area (Å²) in [5.74, 6) is -0.284. The Bertz CT molecular complexity index is 907. The lowest BCUT2D eigenvalue weighted by molar-refractivity contribution is -0.121. The Hall–Kier alpha value is -2.64. The summed E-state index contributed by atoms with van der Waals surface area (Å²) >= 11 is 7.14. The van der Waals surface area contributed by atoms with Crippen LogP contribution in [0.3, 0.4) is 0 Å². The lowest BCUT2D eigenvalue weighted by atomic mass is 10.1. The van der Waals surface area contributed by atoms with Crippen molar-refractivity contribution in [3.05, 3.63) is 70.1 Å². The number of aromatic nitrogens is 1. The minimum Gasteiger partial charge on any atom is -0.459 e. The zero-order valence-corrected chi connectivity index (χ0v) is 16.1. The second-order valence-corrected chi connectivity index (χ2v) is 7.35. The van der Waals surface area contributed by atoms with Gasteiger partial charge in [-0.15, -0.1) is 11.3 Å². The molecule has 2 amide bonds. The van der Waals surface area contributed by atoms with Gasteiger partial charge in [-0.25, -0.2) is 4.98 Å². The molecule has 27 heavy (non-hydrogen) atoms. The van der Waals surface area contributed by atoms with Crippen LogP contribution < -0.4 is 10.6 Å². The maximum atomic E-state index is 12.2. The maximum absolute atomic E-state index is 12.2. The van der Waals surface area contributed by atoms with Crippen LogP contribution in [0.4, 0.5) is 5.13 Å². The van der Waals surface area contributed by atoms with Gasteiger partial charge in [-0.1, -0.05) is 23.7 Å². The summed E-state index contributed by atoms with van der Waals surface area (Å²) in [7, 11) is 0. The Morgan fingerprint density at radius 2 is 2.04 bits per heavy atom. The molecule has 3 aromatic rings. The topological polar surface area (TPSA) is 84.2 Å². The number of thiazole rings is 1. The first-order valence-corrected chi connectivity index (χ1v) is 9.58. The summed E-state index contributed by atoms with van der Waals surface area (Å²) in [6.07, 6.45) is 2.29. The Balaban J connectivity index is 1.48. The highest BCUT2D eigenvalue weighted by Crippen LogP contribution is 2.17. The molecule has 0 saturated heterocycles. The smallest absolute Gasteiger partial charge is 0.293 e. The molecule has 8 heteroatoms. The van der Waals surface area contributed by atoms with Gasteiger partial charge >= 0.3 is 0 Å². The molecule has 3 rings (SSSR count). The highest BCUT2D eigenvalue weighted by atomic mass is 35.5. The number of nitrogens with zero attached hydrogens (tertiary/aromatic N) is 1. The first kappa shape index (κ1) is 19.1. The Morgan fingerprint density at radius 3 is 2.74 bits per heavy atom. The van der Waals surface area contributed by atoms with E-state index < -0.39 is 0 Å². The molecule has 0 radical (unpaired) electrons. The largest absolute Gasteiger partial charge is 0.459 e. The fourth-order valence-electron chi connectivity index (χ4n) is 2.53. The summed E-state index contributed by atoms with van der Waals surface area (Å²) in [5.41, 5.74) is 1.70. The monoisotopic (exact) mass is 403 g/mol. The maximum Gasteiger partial charge on any atom is 0.293 e. The van der Waals surface area contributed by atoms with Gasteiger partial charge in [0.15, 0.2) is 10.9 Å². The van der Waals surface area contributed by atoms with Crippen LogP contribution in [-0.2, 0) is 17.6 Å². The molecule has 0 spiro atoms. The Morgan fingerprint density at radius 1 is 1.26 bits per heavy atom. The standard InChI is InChI=1S/C19H18ClN3O3S/c1-12(9-13-4-6-14(20)7-5-13)21-17(24)10-15-11-27-19(22-15)23-18(25)16-3-2-8-26-16/h2-8,11-12H,9-10H2,1H3,(H,21,24)(H,22,23,25). The summed E-state index contributed by atoms with van der Waals surface area (Å²) in [4.78, 5) is 28.4. The van der Waals surface area contributed by atoms with Crippen molar-refractivity contribution >= 4 is 39.9 Å². The van der Waals surface area contributed by atoms with E-state index in [1.165, 1.54) is 17.6 Å². The Labute approximate surface area is 165 Å². The van der Waals surface area contributed by atoms with E-state index in [1.807, 2.05) is 31.2 Å².